The van der Waals surface area contributed by atoms with Gasteiger partial charge < -0.3 is 5.73 Å². The molecule has 1 heterocycles. The van der Waals surface area contributed by atoms with Gasteiger partial charge >= 0.3 is 6.18 Å². The molecule has 0 aliphatic heterocycles. The van der Waals surface area contributed by atoms with Crippen molar-refractivity contribution < 1.29 is 13.2 Å². The van der Waals surface area contributed by atoms with Gasteiger partial charge in [0, 0.05) is 12.2 Å². The molecule has 2 N–H and O–H groups in total. The third-order valence-corrected chi connectivity index (χ3v) is 2.57. The third-order valence-electron chi connectivity index (χ3n) is 2.57. The molecule has 0 unspecified atom stereocenters. The maximum Gasteiger partial charge on any atom is 0.416 e. The lowest BCUT2D eigenvalue weighted by atomic mass is 10.2. The second-order valence-electron chi connectivity index (χ2n) is 3.94. The van der Waals surface area contributed by atoms with Gasteiger partial charge in [0.05, 0.1) is 16.9 Å². The van der Waals surface area contributed by atoms with E-state index in [0.29, 0.717) is 11.4 Å². The van der Waals surface area contributed by atoms with Crippen LogP contribution in [0.4, 0.5) is 13.2 Å². The minimum absolute atomic E-state index is 0.257. The molecule has 6 heteroatoms. The smallest absolute Gasteiger partial charge is 0.325 e. The van der Waals surface area contributed by atoms with E-state index in [1.54, 1.807) is 19.1 Å². The molecule has 0 aliphatic rings. The summed E-state index contributed by atoms with van der Waals surface area (Å²) >= 11 is 0. The van der Waals surface area contributed by atoms with Gasteiger partial charge in [-0.25, -0.2) is 4.68 Å². The second kappa shape index (κ2) is 4.45. The van der Waals surface area contributed by atoms with Gasteiger partial charge in [-0.15, -0.1) is 0 Å². The van der Waals surface area contributed by atoms with E-state index in [-0.39, 0.29) is 6.54 Å². The Kier molecular flexibility index (Phi) is 3.13. The van der Waals surface area contributed by atoms with E-state index >= 15 is 0 Å². The van der Waals surface area contributed by atoms with Crippen LogP contribution in [0, 0.1) is 6.92 Å². The molecule has 0 atom stereocenters. The third kappa shape index (κ3) is 2.38. The van der Waals surface area contributed by atoms with Crippen molar-refractivity contribution in [1.82, 2.24) is 9.78 Å². The minimum Gasteiger partial charge on any atom is -0.325 e. The van der Waals surface area contributed by atoms with Crippen molar-refractivity contribution in [3.63, 3.8) is 0 Å². The molecule has 0 amide bonds. The van der Waals surface area contributed by atoms with Crippen LogP contribution < -0.4 is 5.73 Å². The van der Waals surface area contributed by atoms with Crippen molar-refractivity contribution in [2.75, 3.05) is 0 Å². The highest BCUT2D eigenvalue weighted by atomic mass is 19.4. The van der Waals surface area contributed by atoms with E-state index in [2.05, 4.69) is 5.10 Å². The molecule has 0 saturated heterocycles. The molecular weight excluding hydrogens is 243 g/mol. The molecule has 3 nitrogen and oxygen atoms in total. The molecule has 0 spiro atoms. The normalized spacial score (nSPS) is 11.8. The first-order chi connectivity index (χ1) is 8.41. The number of rotatable bonds is 2. The highest BCUT2D eigenvalue weighted by molar-refractivity contribution is 5.38. The van der Waals surface area contributed by atoms with Gasteiger partial charge in [0.1, 0.15) is 0 Å². The molecule has 0 aliphatic carbocycles. The Morgan fingerprint density at radius 1 is 1.28 bits per heavy atom. The van der Waals surface area contributed by atoms with Gasteiger partial charge in [0.2, 0.25) is 0 Å². The van der Waals surface area contributed by atoms with Gasteiger partial charge in [-0.2, -0.15) is 18.3 Å². The van der Waals surface area contributed by atoms with E-state index in [9.17, 15) is 13.2 Å². The summed E-state index contributed by atoms with van der Waals surface area (Å²) in [5.41, 5.74) is 6.53. The summed E-state index contributed by atoms with van der Waals surface area (Å²) in [5.74, 6) is 0. The summed E-state index contributed by atoms with van der Waals surface area (Å²) in [7, 11) is 0. The van der Waals surface area contributed by atoms with Gasteiger partial charge in [-0.1, -0.05) is 6.07 Å². The molecule has 0 bridgehead atoms. The number of nitrogens with two attached hydrogens (primary N) is 1. The molecule has 18 heavy (non-hydrogen) atoms. The van der Waals surface area contributed by atoms with E-state index in [1.165, 1.54) is 10.7 Å². The molecule has 1 aromatic heterocycles. The first-order valence-corrected chi connectivity index (χ1v) is 5.35. The zero-order chi connectivity index (χ0) is 13.3. The van der Waals surface area contributed by atoms with E-state index < -0.39 is 11.7 Å². The van der Waals surface area contributed by atoms with E-state index in [0.717, 1.165) is 17.8 Å². The van der Waals surface area contributed by atoms with Crippen LogP contribution >= 0.6 is 0 Å². The molecule has 1 aromatic carbocycles. The lowest BCUT2D eigenvalue weighted by molar-refractivity contribution is -0.137. The van der Waals surface area contributed by atoms with Crippen LogP contribution in [0.5, 0.6) is 0 Å². The first kappa shape index (κ1) is 12.6. The van der Waals surface area contributed by atoms with Crippen LogP contribution in [-0.2, 0) is 12.7 Å². The van der Waals surface area contributed by atoms with Crippen molar-refractivity contribution in [2.24, 2.45) is 5.73 Å². The zero-order valence-electron chi connectivity index (χ0n) is 9.70. The Hall–Kier alpha value is -1.82. The molecule has 0 radical (unpaired) electrons. The van der Waals surface area contributed by atoms with Crippen LogP contribution in [-0.4, -0.2) is 9.78 Å². The number of benzene rings is 1. The van der Waals surface area contributed by atoms with Crippen LogP contribution in [0.3, 0.4) is 0 Å². The number of aromatic nitrogens is 2. The predicted octanol–water partition coefficient (Wildman–Crippen LogP) is 2.66. The predicted molar refractivity (Wildman–Crippen MR) is 61.2 cm³/mol. The van der Waals surface area contributed by atoms with Crippen molar-refractivity contribution in [2.45, 2.75) is 19.6 Å². The number of hydrogen-bond acceptors (Lipinski definition) is 2. The lowest BCUT2D eigenvalue weighted by Crippen LogP contribution is -2.07. The molecule has 2 rings (SSSR count). The fraction of sp³-hybridized carbons (Fsp3) is 0.250. The molecule has 0 saturated carbocycles. The Bertz CT molecular complexity index is 558. The summed E-state index contributed by atoms with van der Waals surface area (Å²) in [6.45, 7) is 2.03. The average Bonchev–Trinajstić information content (AvgIpc) is 2.70. The monoisotopic (exact) mass is 255 g/mol. The van der Waals surface area contributed by atoms with Gasteiger partial charge in [0.25, 0.3) is 0 Å². The van der Waals surface area contributed by atoms with Crippen LogP contribution in [0.15, 0.2) is 30.3 Å². The highest BCUT2D eigenvalue weighted by Gasteiger charge is 2.30. The minimum atomic E-state index is -4.35. The number of alkyl halides is 3. The Morgan fingerprint density at radius 3 is 2.56 bits per heavy atom. The number of aryl methyl sites for hydroxylation is 1. The molecular formula is C12H12F3N3. The lowest BCUT2D eigenvalue weighted by Gasteiger charge is -2.09. The number of halogens is 3. The van der Waals surface area contributed by atoms with E-state index in [1.807, 2.05) is 0 Å². The highest BCUT2D eigenvalue weighted by Crippen LogP contribution is 2.30. The standard InChI is InChI=1S/C12H12F3N3/c1-8-5-10(7-16)17-18(8)11-4-2-3-9(6-11)12(13,14)15/h2-6H,7,16H2,1H3. The van der Waals surface area contributed by atoms with Crippen molar-refractivity contribution in [3.8, 4) is 5.69 Å². The summed E-state index contributed by atoms with van der Waals surface area (Å²) in [4.78, 5) is 0. The van der Waals surface area contributed by atoms with Crippen LogP contribution in [0.1, 0.15) is 17.0 Å². The van der Waals surface area contributed by atoms with Crippen molar-refractivity contribution >= 4 is 0 Å². The fourth-order valence-electron chi connectivity index (χ4n) is 1.71. The quantitative estimate of drug-likeness (QED) is 0.896. The maximum atomic E-state index is 12.6. The number of hydrogen-bond donors (Lipinski definition) is 1. The van der Waals surface area contributed by atoms with Crippen LogP contribution in [0.25, 0.3) is 5.69 Å². The summed E-state index contributed by atoms with van der Waals surface area (Å²) < 4.78 is 39.3. The first-order valence-electron chi connectivity index (χ1n) is 5.35. The number of nitrogens with zero attached hydrogens (tertiary/aromatic N) is 2. The largest absolute Gasteiger partial charge is 0.416 e. The van der Waals surface area contributed by atoms with Crippen molar-refractivity contribution in [1.29, 1.82) is 0 Å². The van der Waals surface area contributed by atoms with Crippen LogP contribution in [0.2, 0.25) is 0 Å². The summed E-state index contributed by atoms with van der Waals surface area (Å²) in [6.07, 6.45) is -4.35. The average molecular weight is 255 g/mol. The summed E-state index contributed by atoms with van der Waals surface area (Å²) in [5, 5.41) is 4.15. The second-order valence-corrected chi connectivity index (χ2v) is 3.94. The Labute approximate surface area is 102 Å². The van der Waals surface area contributed by atoms with Gasteiger partial charge in [0.15, 0.2) is 0 Å². The maximum absolute atomic E-state index is 12.6. The van der Waals surface area contributed by atoms with Crippen molar-refractivity contribution in [3.05, 3.63) is 47.3 Å². The zero-order valence-corrected chi connectivity index (χ0v) is 9.70. The topological polar surface area (TPSA) is 43.8 Å². The molecule has 2 aromatic rings. The van der Waals surface area contributed by atoms with E-state index in [4.69, 9.17) is 5.73 Å². The fourth-order valence-corrected chi connectivity index (χ4v) is 1.71. The molecule has 96 valence electrons. The SMILES string of the molecule is Cc1cc(CN)nn1-c1cccc(C(F)(F)F)c1. The summed E-state index contributed by atoms with van der Waals surface area (Å²) in [6, 6.07) is 6.80. The molecule has 0 fully saturated rings. The van der Waals surface area contributed by atoms with Gasteiger partial charge in [-0.05, 0) is 31.2 Å². The Balaban J connectivity index is 2.47. The van der Waals surface area contributed by atoms with Gasteiger partial charge in [-0.3, -0.25) is 0 Å². The Morgan fingerprint density at radius 2 is 2.00 bits per heavy atom.